The van der Waals surface area contributed by atoms with Crippen molar-refractivity contribution in [3.05, 3.63) is 0 Å². The van der Waals surface area contributed by atoms with Crippen molar-refractivity contribution < 1.29 is 22.6 Å². The molecular formula is C23H47NO4P+. The van der Waals surface area contributed by atoms with Crippen molar-refractivity contribution in [1.29, 1.82) is 0 Å². The predicted octanol–water partition coefficient (Wildman–Crippen LogP) is 7.20. The zero-order chi connectivity index (χ0) is 21.0. The highest BCUT2D eigenvalue weighted by atomic mass is 31.2. The van der Waals surface area contributed by atoms with Gasteiger partial charge < -0.3 is 4.48 Å². The fourth-order valence-corrected chi connectivity index (χ4v) is 6.13. The van der Waals surface area contributed by atoms with Crippen LogP contribution in [0.25, 0.3) is 0 Å². The van der Waals surface area contributed by atoms with Gasteiger partial charge in [0, 0.05) is 6.42 Å². The Bertz CT molecular complexity index is 485. The molecule has 29 heavy (non-hydrogen) atoms. The maximum atomic E-state index is 12.8. The zero-order valence-corrected chi connectivity index (χ0v) is 20.3. The van der Waals surface area contributed by atoms with Crippen molar-refractivity contribution in [3.63, 3.8) is 0 Å². The first-order chi connectivity index (χ1) is 14.0. The number of piperidine rings is 1. The Morgan fingerprint density at radius 3 is 1.90 bits per heavy atom. The molecule has 0 aliphatic carbocycles. The monoisotopic (exact) mass is 432 g/mol. The van der Waals surface area contributed by atoms with Crippen molar-refractivity contribution in [2.45, 2.75) is 122 Å². The van der Waals surface area contributed by atoms with Gasteiger partial charge in [0.05, 0.1) is 39.8 Å². The molecule has 6 heteroatoms. The molecule has 2 fully saturated rings. The third-order valence-electron chi connectivity index (χ3n) is 6.55. The number of fused-ring (bicyclic) bond motifs is 2. The van der Waals surface area contributed by atoms with E-state index >= 15 is 0 Å². The summed E-state index contributed by atoms with van der Waals surface area (Å²) in [4.78, 5) is 0. The largest absolute Gasteiger partial charge is 0.479 e. The summed E-state index contributed by atoms with van der Waals surface area (Å²) in [5.41, 5.74) is 0. The Morgan fingerprint density at radius 1 is 0.828 bits per heavy atom. The molecule has 0 radical (unpaired) electrons. The van der Waals surface area contributed by atoms with Crippen LogP contribution in [0.5, 0.6) is 0 Å². The summed E-state index contributed by atoms with van der Waals surface area (Å²) in [5.74, 6) is 0. The molecule has 172 valence electrons. The molecule has 0 aromatic heterocycles. The average molecular weight is 433 g/mol. The minimum absolute atomic E-state index is 0.0297. The van der Waals surface area contributed by atoms with E-state index in [0.717, 1.165) is 36.7 Å². The first-order valence-electron chi connectivity index (χ1n) is 12.4. The topological polar surface area (TPSA) is 44.8 Å². The van der Waals surface area contributed by atoms with E-state index in [9.17, 15) is 4.57 Å². The van der Waals surface area contributed by atoms with Gasteiger partial charge in [0.25, 0.3) is 0 Å². The second-order valence-electron chi connectivity index (χ2n) is 9.69. The van der Waals surface area contributed by atoms with E-state index in [1.165, 1.54) is 77.0 Å². The minimum atomic E-state index is -3.37. The average Bonchev–Trinajstić information content (AvgIpc) is 2.68. The van der Waals surface area contributed by atoms with Gasteiger partial charge in [0.15, 0.2) is 0 Å². The van der Waals surface area contributed by atoms with Crippen LogP contribution in [0.3, 0.4) is 0 Å². The Balaban J connectivity index is 1.40. The summed E-state index contributed by atoms with van der Waals surface area (Å²) in [6, 6.07) is 0. The summed E-state index contributed by atoms with van der Waals surface area (Å²) in [7, 11) is 0.885. The molecule has 3 unspecified atom stereocenters. The standard InChI is InChI=1S/C23H47NO4P/c1-4-5-6-7-8-9-10-11-12-13-14-15-16-17-20-26-29(25)27-22-18-19-24(2,3)23(21-22)28-29/h22-23H,4-21H2,1-3H3/q+1. The predicted molar refractivity (Wildman–Crippen MR) is 120 cm³/mol. The van der Waals surface area contributed by atoms with Crippen LogP contribution >= 0.6 is 7.82 Å². The molecule has 2 aliphatic rings. The van der Waals surface area contributed by atoms with Crippen molar-refractivity contribution >= 4 is 7.82 Å². The number of phosphoric acid groups is 1. The third-order valence-corrected chi connectivity index (χ3v) is 8.10. The summed E-state index contributed by atoms with van der Waals surface area (Å²) >= 11 is 0. The second kappa shape index (κ2) is 13.5. The van der Waals surface area contributed by atoms with E-state index in [1.807, 2.05) is 0 Å². The van der Waals surface area contributed by atoms with Crippen molar-refractivity contribution in [2.75, 3.05) is 27.2 Å². The highest BCUT2D eigenvalue weighted by Gasteiger charge is 2.50. The lowest BCUT2D eigenvalue weighted by atomic mass is 10.0. The van der Waals surface area contributed by atoms with Gasteiger partial charge >= 0.3 is 7.82 Å². The van der Waals surface area contributed by atoms with E-state index in [4.69, 9.17) is 13.6 Å². The first kappa shape index (κ1) is 25.3. The molecule has 2 saturated heterocycles. The Labute approximate surface area is 180 Å². The molecule has 0 aromatic carbocycles. The lowest BCUT2D eigenvalue weighted by molar-refractivity contribution is -0.941. The summed E-state index contributed by atoms with van der Waals surface area (Å²) in [6.07, 6.45) is 20.3. The van der Waals surface area contributed by atoms with Crippen LogP contribution in [0, 0.1) is 0 Å². The minimum Gasteiger partial charge on any atom is -0.303 e. The number of quaternary nitrogens is 1. The van der Waals surface area contributed by atoms with Crippen LogP contribution in [0.4, 0.5) is 0 Å². The van der Waals surface area contributed by atoms with Crippen LogP contribution in [0.15, 0.2) is 0 Å². The molecular weight excluding hydrogens is 385 g/mol. The van der Waals surface area contributed by atoms with Gasteiger partial charge in [-0.25, -0.2) is 9.09 Å². The first-order valence-corrected chi connectivity index (χ1v) is 13.9. The zero-order valence-electron chi connectivity index (χ0n) is 19.4. The number of phosphoric ester groups is 1. The lowest BCUT2D eigenvalue weighted by Gasteiger charge is -2.47. The van der Waals surface area contributed by atoms with Crippen molar-refractivity contribution in [2.24, 2.45) is 0 Å². The number of likely N-dealkylation sites (tertiary alicyclic amines) is 1. The fraction of sp³-hybridized carbons (Fsp3) is 1.00. The maximum absolute atomic E-state index is 12.8. The molecule has 0 amide bonds. The molecule has 0 spiro atoms. The number of unbranched alkanes of at least 4 members (excludes halogenated alkanes) is 13. The third kappa shape index (κ3) is 9.82. The maximum Gasteiger partial charge on any atom is 0.479 e. The molecule has 2 rings (SSSR count). The number of hydrogen-bond donors (Lipinski definition) is 0. The van der Waals surface area contributed by atoms with E-state index < -0.39 is 7.82 Å². The summed E-state index contributed by atoms with van der Waals surface area (Å²) < 4.78 is 30.6. The Morgan fingerprint density at radius 2 is 1.34 bits per heavy atom. The van der Waals surface area contributed by atoms with Crippen molar-refractivity contribution in [1.82, 2.24) is 0 Å². The lowest BCUT2D eigenvalue weighted by Crippen LogP contribution is -2.58. The van der Waals surface area contributed by atoms with Gasteiger partial charge in [-0.2, -0.15) is 0 Å². The smallest absolute Gasteiger partial charge is 0.303 e. The Hall–Kier alpha value is 0.0700. The quantitative estimate of drug-likeness (QED) is 0.147. The molecule has 0 saturated carbocycles. The van der Waals surface area contributed by atoms with E-state index in [-0.39, 0.29) is 12.3 Å². The van der Waals surface area contributed by atoms with Gasteiger partial charge in [-0.1, -0.05) is 90.4 Å². The molecule has 2 aliphatic heterocycles. The molecule has 2 bridgehead atoms. The molecule has 0 N–H and O–H groups in total. The van der Waals surface area contributed by atoms with Gasteiger partial charge in [-0.05, 0) is 6.42 Å². The van der Waals surface area contributed by atoms with Gasteiger partial charge in [0.2, 0.25) is 6.23 Å². The normalized spacial score (nSPS) is 28.5. The summed E-state index contributed by atoms with van der Waals surface area (Å²) in [6.45, 7) is 3.74. The second-order valence-corrected chi connectivity index (χ2v) is 11.3. The van der Waals surface area contributed by atoms with Gasteiger partial charge in [-0.15, -0.1) is 0 Å². The molecule has 2 heterocycles. The highest BCUT2D eigenvalue weighted by molar-refractivity contribution is 7.48. The number of rotatable bonds is 16. The van der Waals surface area contributed by atoms with Crippen LogP contribution in [0.1, 0.15) is 110 Å². The molecule has 3 atom stereocenters. The van der Waals surface area contributed by atoms with Crippen molar-refractivity contribution in [3.8, 4) is 0 Å². The van der Waals surface area contributed by atoms with E-state index in [0.29, 0.717) is 6.61 Å². The Kier molecular flexibility index (Phi) is 11.8. The van der Waals surface area contributed by atoms with Gasteiger partial charge in [0.1, 0.15) is 0 Å². The van der Waals surface area contributed by atoms with Crippen LogP contribution in [-0.2, 0) is 18.1 Å². The van der Waals surface area contributed by atoms with Crippen LogP contribution in [0.2, 0.25) is 0 Å². The van der Waals surface area contributed by atoms with Gasteiger partial charge in [-0.3, -0.25) is 9.05 Å². The number of hydrogen-bond acceptors (Lipinski definition) is 4. The van der Waals surface area contributed by atoms with Crippen LogP contribution < -0.4 is 0 Å². The highest BCUT2D eigenvalue weighted by Crippen LogP contribution is 2.58. The molecule has 0 aromatic rings. The fourth-order valence-electron chi connectivity index (χ4n) is 4.41. The summed E-state index contributed by atoms with van der Waals surface area (Å²) in [5, 5.41) is 0. The van der Waals surface area contributed by atoms with E-state index in [1.54, 1.807) is 0 Å². The van der Waals surface area contributed by atoms with Crippen LogP contribution in [-0.4, -0.2) is 44.1 Å². The number of nitrogens with zero attached hydrogens (tertiary/aromatic N) is 1. The van der Waals surface area contributed by atoms with E-state index in [2.05, 4.69) is 21.0 Å². The molecule has 5 nitrogen and oxygen atoms in total. The SMILES string of the molecule is CCCCCCCCCCCCCCCCOP1(=O)OC2CC[N+](C)(C)C(C2)O1.